The second kappa shape index (κ2) is 5.94. The number of rotatable bonds is 3. The normalized spacial score (nSPS) is 17.6. The van der Waals surface area contributed by atoms with E-state index < -0.39 is 0 Å². The topological polar surface area (TPSA) is 40.9 Å². The van der Waals surface area contributed by atoms with Gasteiger partial charge in [-0.2, -0.15) is 0 Å². The Morgan fingerprint density at radius 2 is 2.21 bits per heavy atom. The molecule has 0 radical (unpaired) electrons. The Hall–Kier alpha value is -2.34. The van der Waals surface area contributed by atoms with E-state index in [1.165, 1.54) is 11.3 Å². The number of carbonyl (C=O) groups is 1. The van der Waals surface area contributed by atoms with E-state index in [4.69, 9.17) is 4.98 Å². The Bertz CT molecular complexity index is 868. The number of anilines is 1. The lowest BCUT2D eigenvalue weighted by Crippen LogP contribution is -2.31. The van der Waals surface area contributed by atoms with Gasteiger partial charge in [-0.15, -0.1) is 11.3 Å². The number of likely N-dealkylation sites (tertiary alicyclic amines) is 1. The predicted molar refractivity (Wildman–Crippen MR) is 96.8 cm³/mol. The second-order valence-corrected chi connectivity index (χ2v) is 7.27. The summed E-state index contributed by atoms with van der Waals surface area (Å²) >= 11 is 1.50. The van der Waals surface area contributed by atoms with E-state index in [1.54, 1.807) is 0 Å². The summed E-state index contributed by atoms with van der Waals surface area (Å²) in [6.07, 6.45) is 6.08. The van der Waals surface area contributed by atoms with Gasteiger partial charge in [-0.25, -0.2) is 4.98 Å². The molecular weight excluding hydrogens is 320 g/mol. The monoisotopic (exact) mass is 340 g/mol. The predicted octanol–water partition coefficient (Wildman–Crippen LogP) is 3.44. The van der Waals surface area contributed by atoms with Crippen LogP contribution >= 0.6 is 11.3 Å². The molecule has 1 aliphatic rings. The van der Waals surface area contributed by atoms with Gasteiger partial charge < -0.3 is 14.2 Å². The third-order valence-corrected chi connectivity index (χ3v) is 5.38. The SMILES string of the molecule is CN(C)c1nc([C@H]2CCCN2C(=O)c2cccs2)cn2cccc12. The van der Waals surface area contributed by atoms with Crippen molar-refractivity contribution in [1.82, 2.24) is 14.3 Å². The van der Waals surface area contributed by atoms with Crippen LogP contribution in [-0.2, 0) is 0 Å². The Morgan fingerprint density at radius 3 is 2.96 bits per heavy atom. The van der Waals surface area contributed by atoms with Crippen LogP contribution in [0.5, 0.6) is 0 Å². The molecule has 5 nitrogen and oxygen atoms in total. The average Bonchev–Trinajstić information content (AvgIpc) is 3.32. The van der Waals surface area contributed by atoms with Gasteiger partial charge in [0, 0.05) is 33.0 Å². The van der Waals surface area contributed by atoms with Crippen LogP contribution in [0.1, 0.15) is 34.2 Å². The van der Waals surface area contributed by atoms with Crippen LogP contribution in [0.4, 0.5) is 5.82 Å². The number of aromatic nitrogens is 2. The zero-order chi connectivity index (χ0) is 16.7. The summed E-state index contributed by atoms with van der Waals surface area (Å²) in [6, 6.07) is 7.96. The van der Waals surface area contributed by atoms with E-state index in [0.717, 1.165) is 41.3 Å². The maximum absolute atomic E-state index is 12.8. The molecule has 0 spiro atoms. The molecule has 3 aromatic heterocycles. The second-order valence-electron chi connectivity index (χ2n) is 6.32. The molecule has 0 unspecified atom stereocenters. The van der Waals surface area contributed by atoms with Gasteiger partial charge in [0.25, 0.3) is 5.91 Å². The zero-order valence-electron chi connectivity index (χ0n) is 13.8. The highest BCUT2D eigenvalue weighted by molar-refractivity contribution is 7.12. The highest BCUT2D eigenvalue weighted by atomic mass is 32.1. The Labute approximate surface area is 145 Å². The van der Waals surface area contributed by atoms with E-state index in [2.05, 4.69) is 16.7 Å². The van der Waals surface area contributed by atoms with Gasteiger partial charge >= 0.3 is 0 Å². The summed E-state index contributed by atoms with van der Waals surface area (Å²) in [5.74, 6) is 1.06. The van der Waals surface area contributed by atoms with Crippen LogP contribution in [-0.4, -0.2) is 40.8 Å². The molecule has 1 atom stereocenters. The molecule has 1 saturated heterocycles. The minimum Gasteiger partial charge on any atom is -0.361 e. The van der Waals surface area contributed by atoms with Gasteiger partial charge in [-0.3, -0.25) is 4.79 Å². The lowest BCUT2D eigenvalue weighted by molar-refractivity contribution is 0.0737. The van der Waals surface area contributed by atoms with Gasteiger partial charge in [-0.1, -0.05) is 6.07 Å². The van der Waals surface area contributed by atoms with Gasteiger partial charge in [0.15, 0.2) is 5.82 Å². The van der Waals surface area contributed by atoms with Gasteiger partial charge in [0.1, 0.15) is 0 Å². The largest absolute Gasteiger partial charge is 0.361 e. The van der Waals surface area contributed by atoms with E-state index in [0.29, 0.717) is 0 Å². The lowest BCUT2D eigenvalue weighted by atomic mass is 10.1. The van der Waals surface area contributed by atoms with Crippen molar-refractivity contribution in [3.05, 3.63) is 52.6 Å². The van der Waals surface area contributed by atoms with Gasteiger partial charge in [0.2, 0.25) is 0 Å². The average molecular weight is 340 g/mol. The van der Waals surface area contributed by atoms with Crippen LogP contribution in [0.2, 0.25) is 0 Å². The van der Waals surface area contributed by atoms with E-state index >= 15 is 0 Å². The third-order valence-electron chi connectivity index (χ3n) is 4.53. The first-order valence-electron chi connectivity index (χ1n) is 8.14. The molecule has 0 N–H and O–H groups in total. The summed E-state index contributed by atoms with van der Waals surface area (Å²) in [5, 5.41) is 1.95. The molecule has 1 amide bonds. The highest BCUT2D eigenvalue weighted by Crippen LogP contribution is 2.34. The summed E-state index contributed by atoms with van der Waals surface area (Å²) in [4.78, 5) is 22.5. The van der Waals surface area contributed by atoms with Crippen molar-refractivity contribution in [3.8, 4) is 0 Å². The molecule has 0 bridgehead atoms. The van der Waals surface area contributed by atoms with Crippen molar-refractivity contribution >= 4 is 28.6 Å². The van der Waals surface area contributed by atoms with Gasteiger partial charge in [-0.05, 0) is 36.4 Å². The number of fused-ring (bicyclic) bond motifs is 1. The van der Waals surface area contributed by atoms with Crippen molar-refractivity contribution in [2.75, 3.05) is 25.5 Å². The van der Waals surface area contributed by atoms with Crippen molar-refractivity contribution < 1.29 is 4.79 Å². The maximum atomic E-state index is 12.8. The molecule has 124 valence electrons. The zero-order valence-corrected chi connectivity index (χ0v) is 14.7. The van der Waals surface area contributed by atoms with E-state index in [1.807, 2.05) is 53.7 Å². The molecule has 1 aliphatic heterocycles. The number of thiophene rings is 1. The molecule has 0 aromatic carbocycles. The molecule has 3 aromatic rings. The number of hydrogen-bond donors (Lipinski definition) is 0. The molecule has 24 heavy (non-hydrogen) atoms. The van der Waals surface area contributed by atoms with Crippen molar-refractivity contribution in [2.24, 2.45) is 0 Å². The fourth-order valence-corrected chi connectivity index (χ4v) is 4.07. The first-order valence-corrected chi connectivity index (χ1v) is 9.02. The summed E-state index contributed by atoms with van der Waals surface area (Å²) in [7, 11) is 4.00. The van der Waals surface area contributed by atoms with Crippen LogP contribution in [0.3, 0.4) is 0 Å². The minimum atomic E-state index is 0.0464. The molecule has 6 heteroatoms. The molecule has 0 saturated carbocycles. The van der Waals surface area contributed by atoms with E-state index in [-0.39, 0.29) is 11.9 Å². The quantitative estimate of drug-likeness (QED) is 0.733. The Morgan fingerprint density at radius 1 is 1.33 bits per heavy atom. The third kappa shape index (κ3) is 2.47. The Kier molecular flexibility index (Phi) is 3.76. The summed E-state index contributed by atoms with van der Waals surface area (Å²) in [5.41, 5.74) is 2.04. The van der Waals surface area contributed by atoms with Gasteiger partial charge in [0.05, 0.1) is 22.1 Å². The van der Waals surface area contributed by atoms with Crippen molar-refractivity contribution in [3.63, 3.8) is 0 Å². The smallest absolute Gasteiger partial charge is 0.264 e. The lowest BCUT2D eigenvalue weighted by Gasteiger charge is -2.25. The van der Waals surface area contributed by atoms with Crippen LogP contribution in [0.15, 0.2) is 42.0 Å². The number of hydrogen-bond acceptors (Lipinski definition) is 4. The first kappa shape index (κ1) is 15.2. The summed E-state index contributed by atoms with van der Waals surface area (Å²) < 4.78 is 2.10. The summed E-state index contributed by atoms with van der Waals surface area (Å²) in [6.45, 7) is 0.796. The number of amides is 1. The standard InChI is InChI=1S/C18H20N4OS/c1-20(2)17-15-7-3-9-21(15)12-13(19-17)14-6-4-10-22(14)18(23)16-8-5-11-24-16/h3,5,7-9,11-12,14H,4,6,10H2,1-2H3/t14-/m1/s1. The molecule has 0 aliphatic carbocycles. The fourth-order valence-electron chi connectivity index (χ4n) is 3.40. The first-order chi connectivity index (χ1) is 11.6. The van der Waals surface area contributed by atoms with Crippen molar-refractivity contribution in [2.45, 2.75) is 18.9 Å². The molecule has 1 fully saturated rings. The molecular formula is C18H20N4OS. The van der Waals surface area contributed by atoms with Crippen LogP contribution < -0.4 is 4.90 Å². The van der Waals surface area contributed by atoms with Crippen molar-refractivity contribution in [1.29, 1.82) is 0 Å². The fraction of sp³-hybridized carbons (Fsp3) is 0.333. The van der Waals surface area contributed by atoms with Crippen LogP contribution in [0.25, 0.3) is 5.52 Å². The Balaban J connectivity index is 1.74. The number of nitrogens with zero attached hydrogens (tertiary/aromatic N) is 4. The van der Waals surface area contributed by atoms with E-state index in [9.17, 15) is 4.79 Å². The van der Waals surface area contributed by atoms with Crippen LogP contribution in [0, 0.1) is 0 Å². The highest BCUT2D eigenvalue weighted by Gasteiger charge is 2.32. The maximum Gasteiger partial charge on any atom is 0.264 e. The molecule has 4 heterocycles. The molecule has 4 rings (SSSR count). The number of carbonyl (C=O) groups excluding carboxylic acids is 1. The minimum absolute atomic E-state index is 0.0464.